The van der Waals surface area contributed by atoms with E-state index in [0.717, 1.165) is 5.56 Å². The van der Waals surface area contributed by atoms with Crippen LogP contribution in [-0.4, -0.2) is 23.6 Å². The highest BCUT2D eigenvalue weighted by Gasteiger charge is 2.28. The van der Waals surface area contributed by atoms with Crippen molar-refractivity contribution in [3.05, 3.63) is 35.9 Å². The monoisotopic (exact) mass is 289 g/mol. The van der Waals surface area contributed by atoms with Crippen LogP contribution in [0.25, 0.3) is 0 Å². The Labute approximate surface area is 127 Å². The predicted molar refractivity (Wildman–Crippen MR) is 86.6 cm³/mol. The van der Waals surface area contributed by atoms with Gasteiger partial charge in [-0.05, 0) is 30.2 Å². The van der Waals surface area contributed by atoms with E-state index in [9.17, 15) is 0 Å². The second-order valence-corrected chi connectivity index (χ2v) is 6.85. The summed E-state index contributed by atoms with van der Waals surface area (Å²) in [7, 11) is 0. The number of nitrogens with zero attached hydrogens (tertiary/aromatic N) is 1. The van der Waals surface area contributed by atoms with E-state index < -0.39 is 0 Å². The van der Waals surface area contributed by atoms with Gasteiger partial charge in [0.15, 0.2) is 0 Å². The van der Waals surface area contributed by atoms with Crippen LogP contribution >= 0.6 is 0 Å². The molecule has 4 N–H and O–H groups in total. The van der Waals surface area contributed by atoms with Gasteiger partial charge in [0.2, 0.25) is 0 Å². The Morgan fingerprint density at radius 2 is 2.14 bits per heavy atom. The highest BCUT2D eigenvalue weighted by molar-refractivity contribution is 5.87. The van der Waals surface area contributed by atoms with Crippen molar-refractivity contribution in [3.63, 3.8) is 0 Å². The number of hydrogen-bond donors (Lipinski definition) is 3. The summed E-state index contributed by atoms with van der Waals surface area (Å²) in [5, 5.41) is 15.9. The van der Waals surface area contributed by atoms with Crippen molar-refractivity contribution in [1.29, 1.82) is 0 Å². The van der Waals surface area contributed by atoms with Gasteiger partial charge in [0.25, 0.3) is 0 Å². The standard InChI is InChI=1S/C17H27N3O/c1-17(2)10-6-9-14(11-17)19-12-15(16(18)20-21)13-7-4-3-5-8-13/h3-5,7-8,14-15,19,21H,6,9-12H2,1-2H3,(H2,18,20). The van der Waals surface area contributed by atoms with Crippen LogP contribution in [0, 0.1) is 5.41 Å². The molecular formula is C17H27N3O. The minimum absolute atomic E-state index is 0.0822. The normalized spacial score (nSPS) is 23.7. The van der Waals surface area contributed by atoms with Gasteiger partial charge in [-0.3, -0.25) is 0 Å². The van der Waals surface area contributed by atoms with E-state index in [1.54, 1.807) is 0 Å². The Hall–Kier alpha value is -1.55. The molecule has 1 saturated carbocycles. The van der Waals surface area contributed by atoms with E-state index in [0.29, 0.717) is 18.0 Å². The number of rotatable bonds is 5. The molecule has 1 aromatic carbocycles. The maximum Gasteiger partial charge on any atom is 0.147 e. The molecule has 0 spiro atoms. The smallest absolute Gasteiger partial charge is 0.147 e. The van der Waals surface area contributed by atoms with Gasteiger partial charge in [-0.25, -0.2) is 0 Å². The number of nitrogens with two attached hydrogens (primary N) is 1. The topological polar surface area (TPSA) is 70.6 Å². The summed E-state index contributed by atoms with van der Waals surface area (Å²) in [6, 6.07) is 10.5. The molecule has 116 valence electrons. The predicted octanol–water partition coefficient (Wildman–Crippen LogP) is 3.08. The van der Waals surface area contributed by atoms with Gasteiger partial charge in [-0.15, -0.1) is 0 Å². The molecule has 1 aromatic rings. The van der Waals surface area contributed by atoms with Crippen molar-refractivity contribution >= 4 is 5.84 Å². The number of benzene rings is 1. The zero-order valence-electron chi connectivity index (χ0n) is 13.0. The van der Waals surface area contributed by atoms with Gasteiger partial charge < -0.3 is 16.3 Å². The molecule has 0 amide bonds. The van der Waals surface area contributed by atoms with E-state index in [-0.39, 0.29) is 11.8 Å². The maximum absolute atomic E-state index is 9.02. The Balaban J connectivity index is 2.00. The third-order valence-corrected chi connectivity index (χ3v) is 4.49. The Bertz CT molecular complexity index is 470. The van der Waals surface area contributed by atoms with Gasteiger partial charge in [0.1, 0.15) is 5.84 Å². The SMILES string of the molecule is CC1(C)CCCC(NCC(/C(N)=N/O)c2ccccc2)C1. The quantitative estimate of drug-likeness (QED) is 0.338. The zero-order valence-corrected chi connectivity index (χ0v) is 13.0. The molecule has 0 heterocycles. The highest BCUT2D eigenvalue weighted by atomic mass is 16.4. The number of hydrogen-bond acceptors (Lipinski definition) is 3. The molecule has 2 atom stereocenters. The van der Waals surface area contributed by atoms with Crippen molar-refractivity contribution in [2.24, 2.45) is 16.3 Å². The number of oxime groups is 1. The molecule has 0 saturated heterocycles. The van der Waals surface area contributed by atoms with Crippen LogP contribution in [0.3, 0.4) is 0 Å². The van der Waals surface area contributed by atoms with Crippen LogP contribution in [0.2, 0.25) is 0 Å². The molecule has 2 rings (SSSR count). The van der Waals surface area contributed by atoms with Crippen LogP contribution < -0.4 is 11.1 Å². The van der Waals surface area contributed by atoms with Crippen molar-refractivity contribution in [1.82, 2.24) is 5.32 Å². The van der Waals surface area contributed by atoms with E-state index in [2.05, 4.69) is 24.3 Å². The summed E-state index contributed by atoms with van der Waals surface area (Å²) in [5.74, 6) is 0.185. The minimum Gasteiger partial charge on any atom is -0.409 e. The van der Waals surface area contributed by atoms with Crippen LogP contribution in [0.5, 0.6) is 0 Å². The fourth-order valence-electron chi connectivity index (χ4n) is 3.31. The summed E-state index contributed by atoms with van der Waals surface area (Å²) in [6.07, 6.45) is 4.96. The molecule has 2 unspecified atom stereocenters. The third kappa shape index (κ3) is 4.46. The van der Waals surface area contributed by atoms with Crippen LogP contribution in [0.1, 0.15) is 51.0 Å². The van der Waals surface area contributed by atoms with Crippen molar-refractivity contribution in [3.8, 4) is 0 Å². The molecular weight excluding hydrogens is 262 g/mol. The van der Waals surface area contributed by atoms with Gasteiger partial charge in [-0.1, -0.05) is 55.8 Å². The summed E-state index contributed by atoms with van der Waals surface area (Å²) in [6.45, 7) is 5.37. The summed E-state index contributed by atoms with van der Waals surface area (Å²) >= 11 is 0. The summed E-state index contributed by atoms with van der Waals surface area (Å²) in [4.78, 5) is 0. The highest BCUT2D eigenvalue weighted by Crippen LogP contribution is 2.35. The molecule has 1 aliphatic carbocycles. The lowest BCUT2D eigenvalue weighted by atomic mass is 9.75. The molecule has 0 bridgehead atoms. The van der Waals surface area contributed by atoms with Crippen LogP contribution in [-0.2, 0) is 0 Å². The van der Waals surface area contributed by atoms with E-state index in [1.165, 1.54) is 25.7 Å². The fraction of sp³-hybridized carbons (Fsp3) is 0.588. The molecule has 21 heavy (non-hydrogen) atoms. The first-order valence-electron chi connectivity index (χ1n) is 7.77. The number of amidine groups is 1. The summed E-state index contributed by atoms with van der Waals surface area (Å²) < 4.78 is 0. The molecule has 0 aromatic heterocycles. The lowest BCUT2D eigenvalue weighted by molar-refractivity contribution is 0.198. The Morgan fingerprint density at radius 3 is 2.76 bits per heavy atom. The lowest BCUT2D eigenvalue weighted by Gasteiger charge is -2.36. The lowest BCUT2D eigenvalue weighted by Crippen LogP contribution is -2.41. The molecule has 4 heteroatoms. The fourth-order valence-corrected chi connectivity index (χ4v) is 3.31. The van der Waals surface area contributed by atoms with Gasteiger partial charge in [-0.2, -0.15) is 0 Å². The van der Waals surface area contributed by atoms with Crippen LogP contribution in [0.4, 0.5) is 0 Å². The second kappa shape index (κ2) is 6.94. The Morgan fingerprint density at radius 1 is 1.43 bits per heavy atom. The summed E-state index contributed by atoms with van der Waals surface area (Å²) in [5.41, 5.74) is 7.37. The Kier molecular flexibility index (Phi) is 5.23. The first-order valence-corrected chi connectivity index (χ1v) is 7.77. The maximum atomic E-state index is 9.02. The average molecular weight is 289 g/mol. The average Bonchev–Trinajstić information content (AvgIpc) is 2.47. The van der Waals surface area contributed by atoms with E-state index >= 15 is 0 Å². The first-order chi connectivity index (χ1) is 10.0. The van der Waals surface area contributed by atoms with Crippen LogP contribution in [0.15, 0.2) is 35.5 Å². The van der Waals surface area contributed by atoms with Crippen molar-refractivity contribution in [2.45, 2.75) is 51.5 Å². The molecule has 0 aliphatic heterocycles. The van der Waals surface area contributed by atoms with Gasteiger partial charge >= 0.3 is 0 Å². The molecule has 0 radical (unpaired) electrons. The van der Waals surface area contributed by atoms with Crippen molar-refractivity contribution < 1.29 is 5.21 Å². The third-order valence-electron chi connectivity index (χ3n) is 4.49. The zero-order chi connectivity index (χ0) is 15.3. The molecule has 1 aliphatic rings. The van der Waals surface area contributed by atoms with Gasteiger partial charge in [0, 0.05) is 12.6 Å². The molecule has 4 nitrogen and oxygen atoms in total. The molecule has 1 fully saturated rings. The first kappa shape index (κ1) is 15.8. The minimum atomic E-state index is -0.0822. The van der Waals surface area contributed by atoms with E-state index in [4.69, 9.17) is 10.9 Å². The number of nitrogens with one attached hydrogen (secondary N) is 1. The largest absolute Gasteiger partial charge is 0.409 e. The van der Waals surface area contributed by atoms with Gasteiger partial charge in [0.05, 0.1) is 5.92 Å². The van der Waals surface area contributed by atoms with E-state index in [1.807, 2.05) is 30.3 Å². The second-order valence-electron chi connectivity index (χ2n) is 6.85. The van der Waals surface area contributed by atoms with Crippen molar-refractivity contribution in [2.75, 3.05) is 6.54 Å².